The SMILES string of the molecule is NC(=O)C(=O)NN=Cc1c(F)cccc1F. The van der Waals surface area contributed by atoms with Gasteiger partial charge in [0.15, 0.2) is 0 Å². The summed E-state index contributed by atoms with van der Waals surface area (Å²) in [6.07, 6.45) is 0.742. The standard InChI is InChI=1S/C9H7F2N3O2/c10-6-2-1-3-7(11)5(6)4-13-14-9(16)8(12)15/h1-4H,(H2,12,15)(H,14,16). The van der Waals surface area contributed by atoms with Gasteiger partial charge in [0, 0.05) is 0 Å². The van der Waals surface area contributed by atoms with E-state index in [1.54, 1.807) is 5.43 Å². The first-order valence-electron chi connectivity index (χ1n) is 4.09. The number of nitrogens with two attached hydrogens (primary N) is 1. The average molecular weight is 227 g/mol. The number of hydrazone groups is 1. The van der Waals surface area contributed by atoms with Crippen LogP contribution in [0.3, 0.4) is 0 Å². The Kier molecular flexibility index (Phi) is 3.65. The van der Waals surface area contributed by atoms with Gasteiger partial charge in [-0.3, -0.25) is 9.59 Å². The van der Waals surface area contributed by atoms with Crippen LogP contribution in [0, 0.1) is 11.6 Å². The van der Waals surface area contributed by atoms with Gasteiger partial charge in [-0.05, 0) is 12.1 Å². The van der Waals surface area contributed by atoms with Gasteiger partial charge < -0.3 is 5.73 Å². The van der Waals surface area contributed by atoms with Crippen LogP contribution >= 0.6 is 0 Å². The number of rotatable bonds is 2. The third-order valence-corrected chi connectivity index (χ3v) is 1.58. The van der Waals surface area contributed by atoms with Gasteiger partial charge in [-0.25, -0.2) is 14.2 Å². The summed E-state index contributed by atoms with van der Waals surface area (Å²) >= 11 is 0. The number of carbonyl (C=O) groups is 2. The zero-order valence-corrected chi connectivity index (χ0v) is 7.91. The Morgan fingerprint density at radius 1 is 1.31 bits per heavy atom. The second-order valence-corrected chi connectivity index (χ2v) is 2.70. The highest BCUT2D eigenvalue weighted by atomic mass is 19.1. The van der Waals surface area contributed by atoms with Gasteiger partial charge in [0.25, 0.3) is 0 Å². The van der Waals surface area contributed by atoms with Crippen molar-refractivity contribution in [3.05, 3.63) is 35.4 Å². The fourth-order valence-corrected chi connectivity index (χ4v) is 0.845. The van der Waals surface area contributed by atoms with Gasteiger partial charge in [-0.2, -0.15) is 5.10 Å². The number of hydrogen-bond donors (Lipinski definition) is 2. The number of primary amides is 1. The Bertz CT molecular complexity index is 440. The molecule has 0 unspecified atom stereocenters. The quantitative estimate of drug-likeness (QED) is 0.420. The molecule has 0 aromatic heterocycles. The van der Waals surface area contributed by atoms with Crippen molar-refractivity contribution in [1.82, 2.24) is 5.43 Å². The topological polar surface area (TPSA) is 84.5 Å². The van der Waals surface area contributed by atoms with Crippen LogP contribution in [0.2, 0.25) is 0 Å². The first-order valence-corrected chi connectivity index (χ1v) is 4.09. The largest absolute Gasteiger partial charge is 0.361 e. The molecule has 3 N–H and O–H groups in total. The van der Waals surface area contributed by atoms with Crippen LogP contribution in [-0.4, -0.2) is 18.0 Å². The molecule has 84 valence electrons. The van der Waals surface area contributed by atoms with E-state index >= 15 is 0 Å². The molecule has 1 rings (SSSR count). The molecule has 2 amide bonds. The molecule has 0 bridgehead atoms. The second kappa shape index (κ2) is 4.96. The van der Waals surface area contributed by atoms with E-state index in [0.29, 0.717) is 0 Å². The number of nitrogens with one attached hydrogen (secondary N) is 1. The Balaban J connectivity index is 2.77. The highest BCUT2D eigenvalue weighted by Crippen LogP contribution is 2.08. The van der Waals surface area contributed by atoms with Crippen molar-refractivity contribution in [2.24, 2.45) is 10.8 Å². The summed E-state index contributed by atoms with van der Waals surface area (Å²) in [4.78, 5) is 20.9. The molecule has 0 heterocycles. The lowest BCUT2D eigenvalue weighted by Gasteiger charge is -1.97. The number of benzene rings is 1. The van der Waals surface area contributed by atoms with Crippen molar-refractivity contribution in [3.63, 3.8) is 0 Å². The summed E-state index contributed by atoms with van der Waals surface area (Å²) in [7, 11) is 0. The minimum Gasteiger partial charge on any atom is -0.361 e. The summed E-state index contributed by atoms with van der Waals surface area (Å²) in [5, 5.41) is 3.18. The van der Waals surface area contributed by atoms with E-state index in [2.05, 4.69) is 10.8 Å². The number of carbonyl (C=O) groups excluding carboxylic acids is 2. The fraction of sp³-hybridized carbons (Fsp3) is 0. The van der Waals surface area contributed by atoms with E-state index in [0.717, 1.165) is 18.3 Å². The van der Waals surface area contributed by atoms with Crippen LogP contribution in [0.4, 0.5) is 8.78 Å². The fourth-order valence-electron chi connectivity index (χ4n) is 0.845. The number of nitrogens with zero attached hydrogens (tertiary/aromatic N) is 1. The Labute approximate surface area is 88.9 Å². The molecule has 0 saturated carbocycles. The number of halogens is 2. The maximum Gasteiger partial charge on any atom is 0.329 e. The average Bonchev–Trinajstić information content (AvgIpc) is 2.22. The molecule has 0 saturated heterocycles. The summed E-state index contributed by atoms with van der Waals surface area (Å²) in [6.45, 7) is 0. The Hall–Kier alpha value is -2.31. The maximum atomic E-state index is 13.0. The summed E-state index contributed by atoms with van der Waals surface area (Å²) in [5.41, 5.74) is 5.89. The van der Waals surface area contributed by atoms with Gasteiger partial charge in [0.05, 0.1) is 11.8 Å². The van der Waals surface area contributed by atoms with Crippen LogP contribution < -0.4 is 11.2 Å². The molecule has 0 aliphatic rings. The zero-order chi connectivity index (χ0) is 12.1. The predicted octanol–water partition coefficient (Wildman–Crippen LogP) is -0.0998. The van der Waals surface area contributed by atoms with Crippen molar-refractivity contribution in [2.75, 3.05) is 0 Å². The van der Waals surface area contributed by atoms with E-state index in [1.807, 2.05) is 0 Å². The van der Waals surface area contributed by atoms with Crippen molar-refractivity contribution in [3.8, 4) is 0 Å². The molecule has 0 spiro atoms. The lowest BCUT2D eigenvalue weighted by Crippen LogP contribution is -2.32. The van der Waals surface area contributed by atoms with Gasteiger partial charge in [-0.1, -0.05) is 6.07 Å². The first kappa shape index (κ1) is 11.8. The lowest BCUT2D eigenvalue weighted by atomic mass is 10.2. The van der Waals surface area contributed by atoms with Crippen molar-refractivity contribution >= 4 is 18.0 Å². The van der Waals surface area contributed by atoms with Crippen molar-refractivity contribution in [2.45, 2.75) is 0 Å². The number of hydrogen-bond acceptors (Lipinski definition) is 3. The molecular formula is C9H7F2N3O2. The van der Waals surface area contributed by atoms with Gasteiger partial charge in [0.1, 0.15) is 11.6 Å². The predicted molar refractivity (Wildman–Crippen MR) is 51.3 cm³/mol. The monoisotopic (exact) mass is 227 g/mol. The molecule has 0 atom stereocenters. The summed E-state index contributed by atoms with van der Waals surface area (Å²) in [5.74, 6) is -4.09. The van der Waals surface area contributed by atoms with E-state index < -0.39 is 29.0 Å². The van der Waals surface area contributed by atoms with Crippen LogP contribution in [0.15, 0.2) is 23.3 Å². The minimum absolute atomic E-state index is 0.424. The molecular weight excluding hydrogens is 220 g/mol. The lowest BCUT2D eigenvalue weighted by molar-refractivity contribution is -0.137. The van der Waals surface area contributed by atoms with Crippen LogP contribution in [0.1, 0.15) is 5.56 Å². The summed E-state index contributed by atoms with van der Waals surface area (Å²) < 4.78 is 26.0. The number of amides is 2. The molecule has 0 aliphatic carbocycles. The van der Waals surface area contributed by atoms with Crippen LogP contribution in [0.25, 0.3) is 0 Å². The van der Waals surface area contributed by atoms with Gasteiger partial charge in [-0.15, -0.1) is 0 Å². The van der Waals surface area contributed by atoms with Gasteiger partial charge in [0.2, 0.25) is 0 Å². The highest BCUT2D eigenvalue weighted by Gasteiger charge is 2.07. The smallest absolute Gasteiger partial charge is 0.329 e. The molecule has 0 aliphatic heterocycles. The molecule has 5 nitrogen and oxygen atoms in total. The molecule has 0 radical (unpaired) electrons. The van der Waals surface area contributed by atoms with E-state index in [9.17, 15) is 18.4 Å². The highest BCUT2D eigenvalue weighted by molar-refractivity contribution is 6.34. The van der Waals surface area contributed by atoms with E-state index in [1.165, 1.54) is 6.07 Å². The summed E-state index contributed by atoms with van der Waals surface area (Å²) in [6, 6.07) is 3.24. The first-order chi connectivity index (χ1) is 7.52. The van der Waals surface area contributed by atoms with E-state index in [-0.39, 0.29) is 0 Å². The van der Waals surface area contributed by atoms with Crippen LogP contribution in [-0.2, 0) is 9.59 Å². The second-order valence-electron chi connectivity index (χ2n) is 2.70. The molecule has 1 aromatic carbocycles. The Morgan fingerprint density at radius 2 is 1.88 bits per heavy atom. The molecule has 7 heteroatoms. The Morgan fingerprint density at radius 3 is 2.38 bits per heavy atom. The zero-order valence-electron chi connectivity index (χ0n) is 7.91. The van der Waals surface area contributed by atoms with Gasteiger partial charge >= 0.3 is 11.8 Å². The minimum atomic E-state index is -1.24. The van der Waals surface area contributed by atoms with Crippen molar-refractivity contribution < 1.29 is 18.4 Å². The van der Waals surface area contributed by atoms with Crippen LogP contribution in [0.5, 0.6) is 0 Å². The third-order valence-electron chi connectivity index (χ3n) is 1.58. The third kappa shape index (κ3) is 2.84. The maximum absolute atomic E-state index is 13.0. The molecule has 0 fully saturated rings. The van der Waals surface area contributed by atoms with E-state index in [4.69, 9.17) is 0 Å². The van der Waals surface area contributed by atoms with Crippen molar-refractivity contribution in [1.29, 1.82) is 0 Å². The molecule has 1 aromatic rings. The normalized spacial score (nSPS) is 10.4. The molecule has 16 heavy (non-hydrogen) atoms.